The second-order valence-electron chi connectivity index (χ2n) is 3.53. The molecule has 0 spiro atoms. The zero-order valence-electron chi connectivity index (χ0n) is 9.40. The third kappa shape index (κ3) is 3.57. The summed E-state index contributed by atoms with van der Waals surface area (Å²) in [6, 6.07) is 5.70. The highest BCUT2D eigenvalue weighted by molar-refractivity contribution is 9.10. The van der Waals surface area contributed by atoms with Crippen molar-refractivity contribution < 1.29 is 8.95 Å². The van der Waals surface area contributed by atoms with Crippen LogP contribution >= 0.6 is 15.9 Å². The van der Waals surface area contributed by atoms with Crippen molar-refractivity contribution in [2.75, 3.05) is 13.7 Å². The second-order valence-corrected chi connectivity index (χ2v) is 6.30. The average molecular weight is 306 g/mol. The van der Waals surface area contributed by atoms with Crippen LogP contribution in [0.15, 0.2) is 22.7 Å². The van der Waals surface area contributed by atoms with E-state index in [9.17, 15) is 4.21 Å². The zero-order chi connectivity index (χ0) is 12.1. The lowest BCUT2D eigenvalue weighted by Crippen LogP contribution is -2.22. The largest absolute Gasteiger partial charge is 0.496 e. The smallest absolute Gasteiger partial charge is 0.123 e. The summed E-state index contributed by atoms with van der Waals surface area (Å²) in [6.07, 6.45) is 0. The molecule has 0 aliphatic heterocycles. The summed E-state index contributed by atoms with van der Waals surface area (Å²) in [5.41, 5.74) is 6.43. The Morgan fingerprint density at radius 1 is 1.56 bits per heavy atom. The summed E-state index contributed by atoms with van der Waals surface area (Å²) in [5.74, 6) is 1.24. The molecule has 0 aliphatic carbocycles. The molecule has 3 nitrogen and oxygen atoms in total. The molecular weight excluding hydrogens is 290 g/mol. The molecule has 2 N–H and O–H groups in total. The Kier molecular flexibility index (Phi) is 5.44. The number of hydrogen-bond acceptors (Lipinski definition) is 3. The van der Waals surface area contributed by atoms with E-state index in [-0.39, 0.29) is 5.25 Å². The topological polar surface area (TPSA) is 52.3 Å². The van der Waals surface area contributed by atoms with Gasteiger partial charge in [0.05, 0.1) is 12.9 Å². The minimum Gasteiger partial charge on any atom is -0.496 e. The van der Waals surface area contributed by atoms with Gasteiger partial charge in [-0.1, -0.05) is 15.9 Å². The number of hydrogen-bond donors (Lipinski definition) is 1. The quantitative estimate of drug-likeness (QED) is 0.906. The molecule has 0 saturated heterocycles. The van der Waals surface area contributed by atoms with E-state index in [4.69, 9.17) is 10.5 Å². The molecule has 0 bridgehead atoms. The Hall–Kier alpha value is -0.390. The van der Waals surface area contributed by atoms with E-state index in [0.29, 0.717) is 12.3 Å². The first-order valence-electron chi connectivity index (χ1n) is 4.98. The van der Waals surface area contributed by atoms with E-state index in [1.807, 2.05) is 25.1 Å². The third-order valence-corrected chi connectivity index (χ3v) is 4.50. The van der Waals surface area contributed by atoms with Gasteiger partial charge in [-0.25, -0.2) is 0 Å². The Labute approximate surface area is 107 Å². The second kappa shape index (κ2) is 6.37. The van der Waals surface area contributed by atoms with Crippen LogP contribution in [0.3, 0.4) is 0 Å². The van der Waals surface area contributed by atoms with E-state index < -0.39 is 10.8 Å². The fraction of sp³-hybridized carbons (Fsp3) is 0.455. The molecule has 2 unspecified atom stereocenters. The van der Waals surface area contributed by atoms with Crippen LogP contribution in [0.25, 0.3) is 0 Å². The standard InChI is InChI=1S/C11H16BrNO2S/c1-8(6-13)16(14)7-9-5-10(12)3-4-11(9)15-2/h3-5,8H,6-7,13H2,1-2H3. The summed E-state index contributed by atoms with van der Waals surface area (Å²) in [6.45, 7) is 2.32. The average Bonchev–Trinajstić information content (AvgIpc) is 2.28. The Morgan fingerprint density at radius 2 is 2.25 bits per heavy atom. The Balaban J connectivity index is 2.87. The molecule has 2 atom stereocenters. The molecular formula is C11H16BrNO2S. The molecule has 0 heterocycles. The van der Waals surface area contributed by atoms with Crippen molar-refractivity contribution in [2.45, 2.75) is 17.9 Å². The van der Waals surface area contributed by atoms with Gasteiger partial charge in [-0.2, -0.15) is 0 Å². The van der Waals surface area contributed by atoms with Crippen LogP contribution < -0.4 is 10.5 Å². The number of ether oxygens (including phenoxy) is 1. The van der Waals surface area contributed by atoms with E-state index in [1.54, 1.807) is 7.11 Å². The zero-order valence-corrected chi connectivity index (χ0v) is 11.8. The normalized spacial score (nSPS) is 14.5. The van der Waals surface area contributed by atoms with Gasteiger partial charge < -0.3 is 10.5 Å². The Bertz CT molecular complexity index is 384. The van der Waals surface area contributed by atoms with E-state index in [2.05, 4.69) is 15.9 Å². The van der Waals surface area contributed by atoms with Gasteiger partial charge in [0, 0.05) is 32.6 Å². The molecule has 16 heavy (non-hydrogen) atoms. The van der Waals surface area contributed by atoms with Crippen LogP contribution in [-0.2, 0) is 16.6 Å². The number of methoxy groups -OCH3 is 1. The van der Waals surface area contributed by atoms with Crippen LogP contribution in [0.1, 0.15) is 12.5 Å². The molecule has 0 radical (unpaired) electrons. The minimum absolute atomic E-state index is 0.00341. The van der Waals surface area contributed by atoms with E-state index in [1.165, 1.54) is 0 Å². The molecule has 0 amide bonds. The van der Waals surface area contributed by atoms with Crippen LogP contribution in [0.4, 0.5) is 0 Å². The van der Waals surface area contributed by atoms with Crippen molar-refractivity contribution in [3.63, 3.8) is 0 Å². The predicted molar refractivity (Wildman–Crippen MR) is 71.1 cm³/mol. The van der Waals surface area contributed by atoms with Gasteiger partial charge >= 0.3 is 0 Å². The van der Waals surface area contributed by atoms with Crippen molar-refractivity contribution in [1.82, 2.24) is 0 Å². The van der Waals surface area contributed by atoms with Crippen molar-refractivity contribution in [1.29, 1.82) is 0 Å². The first-order valence-corrected chi connectivity index (χ1v) is 7.15. The maximum absolute atomic E-state index is 11.9. The molecule has 0 aliphatic rings. The summed E-state index contributed by atoms with van der Waals surface area (Å²) in [7, 11) is 0.651. The van der Waals surface area contributed by atoms with Gasteiger partial charge in [-0.05, 0) is 25.1 Å². The van der Waals surface area contributed by atoms with E-state index in [0.717, 1.165) is 15.8 Å². The molecule has 0 aromatic heterocycles. The highest BCUT2D eigenvalue weighted by atomic mass is 79.9. The lowest BCUT2D eigenvalue weighted by molar-refractivity contribution is 0.411. The van der Waals surface area contributed by atoms with Crippen LogP contribution in [-0.4, -0.2) is 23.1 Å². The first kappa shape index (κ1) is 13.7. The lowest BCUT2D eigenvalue weighted by atomic mass is 10.2. The van der Waals surface area contributed by atoms with Gasteiger partial charge in [0.25, 0.3) is 0 Å². The van der Waals surface area contributed by atoms with Gasteiger partial charge in [0.1, 0.15) is 5.75 Å². The fourth-order valence-corrected chi connectivity index (χ4v) is 2.70. The summed E-state index contributed by atoms with van der Waals surface area (Å²) >= 11 is 3.39. The number of benzene rings is 1. The van der Waals surface area contributed by atoms with Crippen LogP contribution in [0.5, 0.6) is 5.75 Å². The summed E-state index contributed by atoms with van der Waals surface area (Å²) in [5, 5.41) is 0.00341. The SMILES string of the molecule is COc1ccc(Br)cc1CS(=O)C(C)CN. The van der Waals surface area contributed by atoms with Gasteiger partial charge in [-0.15, -0.1) is 0 Å². The van der Waals surface area contributed by atoms with E-state index >= 15 is 0 Å². The molecule has 1 rings (SSSR count). The molecule has 1 aromatic rings. The van der Waals surface area contributed by atoms with Crippen molar-refractivity contribution in [3.05, 3.63) is 28.2 Å². The lowest BCUT2D eigenvalue weighted by Gasteiger charge is -2.12. The van der Waals surface area contributed by atoms with Crippen molar-refractivity contribution >= 4 is 26.7 Å². The minimum atomic E-state index is -0.962. The van der Waals surface area contributed by atoms with Gasteiger partial charge in [0.2, 0.25) is 0 Å². The first-order chi connectivity index (χ1) is 7.58. The highest BCUT2D eigenvalue weighted by Gasteiger charge is 2.13. The van der Waals surface area contributed by atoms with Crippen molar-refractivity contribution in [2.24, 2.45) is 5.73 Å². The molecule has 0 fully saturated rings. The third-order valence-electron chi connectivity index (χ3n) is 2.32. The van der Waals surface area contributed by atoms with Crippen LogP contribution in [0, 0.1) is 0 Å². The summed E-state index contributed by atoms with van der Waals surface area (Å²) < 4.78 is 18.1. The molecule has 1 aromatic carbocycles. The number of halogens is 1. The van der Waals surface area contributed by atoms with Gasteiger partial charge in [0.15, 0.2) is 0 Å². The molecule has 90 valence electrons. The maximum atomic E-state index is 11.9. The summed E-state index contributed by atoms with van der Waals surface area (Å²) in [4.78, 5) is 0. The Morgan fingerprint density at radius 3 is 2.81 bits per heavy atom. The van der Waals surface area contributed by atoms with Gasteiger partial charge in [-0.3, -0.25) is 4.21 Å². The van der Waals surface area contributed by atoms with Crippen LogP contribution in [0.2, 0.25) is 0 Å². The maximum Gasteiger partial charge on any atom is 0.123 e. The fourth-order valence-electron chi connectivity index (χ4n) is 1.26. The number of nitrogens with two attached hydrogens (primary N) is 1. The molecule has 5 heteroatoms. The van der Waals surface area contributed by atoms with Crippen molar-refractivity contribution in [3.8, 4) is 5.75 Å². The highest BCUT2D eigenvalue weighted by Crippen LogP contribution is 2.24. The number of rotatable bonds is 5. The predicted octanol–water partition coefficient (Wildman–Crippen LogP) is 2.05. The monoisotopic (exact) mass is 305 g/mol. The molecule has 0 saturated carbocycles.